The number of imide groups is 1. The third kappa shape index (κ3) is 4.25. The molecule has 96 valence electrons. The molecule has 0 spiro atoms. The highest BCUT2D eigenvalue weighted by atomic mass is 16.6. The van der Waals surface area contributed by atoms with Crippen LogP contribution < -0.4 is 0 Å². The molecule has 0 aliphatic heterocycles. The molecule has 6 heteroatoms. The second-order valence-corrected chi connectivity index (χ2v) is 3.46. The molecule has 1 rings (SSSR count). The summed E-state index contributed by atoms with van der Waals surface area (Å²) in [5.41, 5.74) is 0.791. The Hall–Kier alpha value is -2.37. The first-order valence-corrected chi connectivity index (χ1v) is 5.17. The van der Waals surface area contributed by atoms with Crippen LogP contribution in [0, 0.1) is 0 Å². The van der Waals surface area contributed by atoms with Crippen LogP contribution in [-0.4, -0.2) is 30.1 Å². The van der Waals surface area contributed by atoms with Crippen LogP contribution in [-0.2, 0) is 20.9 Å². The molecule has 0 aromatic heterocycles. The average Bonchev–Trinajstić information content (AvgIpc) is 2.35. The van der Waals surface area contributed by atoms with Gasteiger partial charge in [-0.15, -0.1) is 0 Å². The molecule has 0 heterocycles. The van der Waals surface area contributed by atoms with E-state index in [4.69, 9.17) is 4.74 Å². The fourth-order valence-electron chi connectivity index (χ4n) is 1.08. The van der Waals surface area contributed by atoms with Gasteiger partial charge in [-0.1, -0.05) is 30.3 Å². The number of carbonyl (C=O) groups excluding carboxylic acids is 3. The van der Waals surface area contributed by atoms with Crippen LogP contribution in [0.2, 0.25) is 0 Å². The van der Waals surface area contributed by atoms with Crippen LogP contribution in [0.5, 0.6) is 0 Å². The van der Waals surface area contributed by atoms with Crippen LogP contribution >= 0.6 is 0 Å². The minimum Gasteiger partial charge on any atom is -0.444 e. The highest BCUT2D eigenvalue weighted by Gasteiger charge is 2.21. The highest BCUT2D eigenvalue weighted by molar-refractivity contribution is 5.92. The van der Waals surface area contributed by atoms with Crippen molar-refractivity contribution in [2.75, 3.05) is 7.05 Å². The zero-order chi connectivity index (χ0) is 13.5. The largest absolute Gasteiger partial charge is 0.444 e. The number of hydrogen-bond donors (Lipinski definition) is 0. The Morgan fingerprint density at radius 2 is 1.72 bits per heavy atom. The maximum Gasteiger partial charge on any atom is 0.426 e. The first-order valence-electron chi connectivity index (χ1n) is 5.17. The normalized spacial score (nSPS) is 9.44. The van der Waals surface area contributed by atoms with E-state index in [0.29, 0.717) is 4.90 Å². The van der Waals surface area contributed by atoms with E-state index >= 15 is 0 Å². The Morgan fingerprint density at radius 3 is 2.28 bits per heavy atom. The Balaban J connectivity index is 2.45. The summed E-state index contributed by atoms with van der Waals surface area (Å²) in [6, 6.07) is 9.00. The molecule has 0 atom stereocenters. The van der Waals surface area contributed by atoms with E-state index in [2.05, 4.69) is 4.74 Å². The number of carbonyl (C=O) groups is 3. The van der Waals surface area contributed by atoms with E-state index < -0.39 is 18.2 Å². The minimum absolute atomic E-state index is 0.0391. The van der Waals surface area contributed by atoms with Crippen molar-refractivity contribution in [3.8, 4) is 0 Å². The van der Waals surface area contributed by atoms with Gasteiger partial charge in [-0.05, 0) is 5.56 Å². The molecule has 0 N–H and O–H groups in total. The fraction of sp³-hybridized carbons (Fsp3) is 0.250. The Labute approximate surface area is 104 Å². The van der Waals surface area contributed by atoms with Crippen molar-refractivity contribution in [2.24, 2.45) is 0 Å². The van der Waals surface area contributed by atoms with Crippen molar-refractivity contribution in [2.45, 2.75) is 13.5 Å². The molecule has 2 amide bonds. The smallest absolute Gasteiger partial charge is 0.426 e. The lowest BCUT2D eigenvalue weighted by Gasteiger charge is -2.13. The van der Waals surface area contributed by atoms with Crippen LogP contribution in [0.25, 0.3) is 0 Å². The maximum absolute atomic E-state index is 11.4. The molecule has 0 saturated carbocycles. The highest BCUT2D eigenvalue weighted by Crippen LogP contribution is 2.03. The Kier molecular flexibility index (Phi) is 4.86. The lowest BCUT2D eigenvalue weighted by molar-refractivity contribution is -0.135. The molecule has 0 saturated heterocycles. The molecular formula is C12H13NO5. The Bertz CT molecular complexity index is 443. The second kappa shape index (κ2) is 6.39. The average molecular weight is 251 g/mol. The maximum atomic E-state index is 11.4. The number of amides is 2. The quantitative estimate of drug-likeness (QED) is 0.593. The van der Waals surface area contributed by atoms with Gasteiger partial charge < -0.3 is 9.47 Å². The van der Waals surface area contributed by atoms with E-state index in [9.17, 15) is 14.4 Å². The zero-order valence-electron chi connectivity index (χ0n) is 10.1. The third-order valence-corrected chi connectivity index (χ3v) is 1.98. The van der Waals surface area contributed by atoms with Gasteiger partial charge in [0, 0.05) is 14.0 Å². The molecule has 0 aliphatic rings. The van der Waals surface area contributed by atoms with Crippen molar-refractivity contribution in [1.29, 1.82) is 0 Å². The van der Waals surface area contributed by atoms with Crippen molar-refractivity contribution < 1.29 is 23.9 Å². The molecule has 0 unspecified atom stereocenters. The van der Waals surface area contributed by atoms with Crippen LogP contribution in [0.15, 0.2) is 30.3 Å². The van der Waals surface area contributed by atoms with Gasteiger partial charge >= 0.3 is 18.2 Å². The van der Waals surface area contributed by atoms with Crippen molar-refractivity contribution >= 4 is 18.2 Å². The number of rotatable bonds is 2. The zero-order valence-corrected chi connectivity index (χ0v) is 10.1. The molecule has 18 heavy (non-hydrogen) atoms. The molecule has 0 aliphatic carbocycles. The van der Waals surface area contributed by atoms with Gasteiger partial charge in [0.2, 0.25) is 0 Å². The van der Waals surface area contributed by atoms with Gasteiger partial charge in [0.15, 0.2) is 0 Å². The lowest BCUT2D eigenvalue weighted by atomic mass is 10.2. The SMILES string of the molecule is CC(=O)OC(=O)N(C)C(=O)OCc1ccccc1. The van der Waals surface area contributed by atoms with Gasteiger partial charge in [0.25, 0.3) is 0 Å². The molecule has 0 radical (unpaired) electrons. The van der Waals surface area contributed by atoms with E-state index in [-0.39, 0.29) is 6.61 Å². The number of ether oxygens (including phenoxy) is 2. The summed E-state index contributed by atoms with van der Waals surface area (Å²) in [6.07, 6.45) is -1.95. The Morgan fingerprint density at radius 1 is 1.11 bits per heavy atom. The first-order chi connectivity index (χ1) is 8.50. The topological polar surface area (TPSA) is 72.9 Å². The van der Waals surface area contributed by atoms with Gasteiger partial charge in [-0.3, -0.25) is 4.79 Å². The molecule has 0 fully saturated rings. The van der Waals surface area contributed by atoms with Gasteiger partial charge in [0.05, 0.1) is 0 Å². The van der Waals surface area contributed by atoms with Crippen LogP contribution in [0.1, 0.15) is 12.5 Å². The van der Waals surface area contributed by atoms with Crippen molar-refractivity contribution in [3.05, 3.63) is 35.9 Å². The monoisotopic (exact) mass is 251 g/mol. The summed E-state index contributed by atoms with van der Waals surface area (Å²) in [4.78, 5) is 33.7. The van der Waals surface area contributed by atoms with E-state index in [0.717, 1.165) is 12.5 Å². The van der Waals surface area contributed by atoms with E-state index in [1.807, 2.05) is 6.07 Å². The summed E-state index contributed by atoms with van der Waals surface area (Å²) >= 11 is 0. The fourth-order valence-corrected chi connectivity index (χ4v) is 1.08. The summed E-state index contributed by atoms with van der Waals surface area (Å²) in [6.45, 7) is 1.11. The standard InChI is InChI=1S/C12H13NO5/c1-9(14)18-12(16)13(2)11(15)17-8-10-6-4-3-5-7-10/h3-7H,8H2,1-2H3. The van der Waals surface area contributed by atoms with E-state index in [1.165, 1.54) is 7.05 Å². The van der Waals surface area contributed by atoms with Crippen molar-refractivity contribution in [1.82, 2.24) is 4.90 Å². The number of hydrogen-bond acceptors (Lipinski definition) is 5. The summed E-state index contributed by atoms with van der Waals surface area (Å²) < 4.78 is 9.10. The van der Waals surface area contributed by atoms with Crippen LogP contribution in [0.3, 0.4) is 0 Å². The summed E-state index contributed by atoms with van der Waals surface area (Å²) in [7, 11) is 1.17. The molecule has 1 aromatic rings. The number of nitrogens with zero attached hydrogens (tertiary/aromatic N) is 1. The van der Waals surface area contributed by atoms with Gasteiger partial charge in [-0.25, -0.2) is 14.5 Å². The number of benzene rings is 1. The predicted molar refractivity (Wildman–Crippen MR) is 61.6 cm³/mol. The van der Waals surface area contributed by atoms with E-state index in [1.54, 1.807) is 24.3 Å². The molecule has 0 bridgehead atoms. The summed E-state index contributed by atoms with van der Waals surface area (Å²) in [5.74, 6) is -0.789. The van der Waals surface area contributed by atoms with Gasteiger partial charge in [-0.2, -0.15) is 0 Å². The predicted octanol–water partition coefficient (Wildman–Crippen LogP) is 1.94. The van der Waals surface area contributed by atoms with Crippen LogP contribution in [0.4, 0.5) is 9.59 Å². The van der Waals surface area contributed by atoms with Gasteiger partial charge in [0.1, 0.15) is 6.61 Å². The van der Waals surface area contributed by atoms with Crippen molar-refractivity contribution in [3.63, 3.8) is 0 Å². The molecule has 6 nitrogen and oxygen atoms in total. The minimum atomic E-state index is -1.07. The lowest BCUT2D eigenvalue weighted by Crippen LogP contribution is -2.34. The molecular weight excluding hydrogens is 238 g/mol. The number of esters is 1. The summed E-state index contributed by atoms with van der Waals surface area (Å²) in [5, 5.41) is 0. The second-order valence-electron chi connectivity index (χ2n) is 3.46. The first kappa shape index (κ1) is 13.7. The molecule has 1 aromatic carbocycles. The third-order valence-electron chi connectivity index (χ3n) is 1.98.